The molecule has 0 saturated heterocycles. The fourth-order valence-electron chi connectivity index (χ4n) is 11.9. The average Bonchev–Trinajstić information content (AvgIpc) is 4.16. The van der Waals surface area contributed by atoms with E-state index in [0.717, 1.165) is 132 Å². The molecule has 1 unspecified atom stereocenters. The Balaban J connectivity index is 1.04. The standard InChI is InChI=1S/C69H43NO3/c1-3-21-43(22-4-1)45-25-7-10-31-51(45)65(56-36-19-34-54-49-29-14-17-39-61(49)72-68(54)56)57-41-63-66(52-32-11-8-27-47(52)57)67-53-33-12-9-28-48(53)60(42-64(67)71-63)70(58-37-16-13-26-46(58)44-23-5-2-6-24-44)59-38-20-35-55-50-30-15-18-40-62(50)73-69(55)59/h1-42,65H. The zero-order valence-electron chi connectivity index (χ0n) is 39.5. The summed E-state index contributed by atoms with van der Waals surface area (Å²) in [7, 11) is 0. The minimum absolute atomic E-state index is 0.246. The van der Waals surface area contributed by atoms with Gasteiger partial charge in [0.1, 0.15) is 27.9 Å². The maximum atomic E-state index is 7.42. The molecule has 0 aliphatic heterocycles. The van der Waals surface area contributed by atoms with Crippen molar-refractivity contribution in [1.29, 1.82) is 0 Å². The Morgan fingerprint density at radius 1 is 0.260 bits per heavy atom. The Morgan fingerprint density at radius 2 is 0.726 bits per heavy atom. The SMILES string of the molecule is c1ccc(-c2ccccc2C(c2cc3oc4cc(N(c5ccccc5-c5ccccc5)c5cccc6c5oc5ccccc56)c5ccccc5c4c3c3ccccc23)c2cccc3c2oc2ccccc23)cc1. The fraction of sp³-hybridized carbons (Fsp3) is 0.0145. The van der Waals surface area contributed by atoms with Crippen LogP contribution in [-0.2, 0) is 0 Å². The Morgan fingerprint density at radius 3 is 1.44 bits per heavy atom. The predicted molar refractivity (Wildman–Crippen MR) is 303 cm³/mol. The van der Waals surface area contributed by atoms with Crippen LogP contribution in [0.3, 0.4) is 0 Å². The van der Waals surface area contributed by atoms with Gasteiger partial charge in [-0.1, -0.05) is 218 Å². The van der Waals surface area contributed by atoms with E-state index < -0.39 is 0 Å². The highest BCUT2D eigenvalue weighted by atomic mass is 16.3. The number of hydrogen-bond acceptors (Lipinski definition) is 4. The lowest BCUT2D eigenvalue weighted by Gasteiger charge is -2.29. The lowest BCUT2D eigenvalue weighted by molar-refractivity contribution is 0.660. The second-order valence-electron chi connectivity index (χ2n) is 19.0. The summed E-state index contributed by atoms with van der Waals surface area (Å²) < 4.78 is 21.2. The summed E-state index contributed by atoms with van der Waals surface area (Å²) in [5.41, 5.74) is 15.9. The van der Waals surface area contributed by atoms with E-state index >= 15 is 0 Å². The molecule has 0 amide bonds. The quantitative estimate of drug-likeness (QED) is 0.142. The van der Waals surface area contributed by atoms with Crippen molar-refractivity contribution in [3.8, 4) is 22.3 Å². The summed E-state index contributed by atoms with van der Waals surface area (Å²) in [5.74, 6) is -0.246. The first-order chi connectivity index (χ1) is 36.2. The topological polar surface area (TPSA) is 42.7 Å². The molecule has 0 spiro atoms. The van der Waals surface area contributed by atoms with Gasteiger partial charge in [0.2, 0.25) is 0 Å². The van der Waals surface area contributed by atoms with E-state index in [-0.39, 0.29) is 5.92 Å². The van der Waals surface area contributed by atoms with Gasteiger partial charge in [0, 0.05) is 60.8 Å². The van der Waals surface area contributed by atoms with Crippen molar-refractivity contribution in [2.45, 2.75) is 5.92 Å². The van der Waals surface area contributed by atoms with Crippen molar-refractivity contribution in [1.82, 2.24) is 0 Å². The number of fused-ring (bicyclic) bond motifs is 13. The van der Waals surface area contributed by atoms with Gasteiger partial charge in [-0.15, -0.1) is 0 Å². The highest BCUT2D eigenvalue weighted by Crippen LogP contribution is 2.52. The third-order valence-corrected chi connectivity index (χ3v) is 15.0. The third kappa shape index (κ3) is 6.40. The zero-order chi connectivity index (χ0) is 48.0. The van der Waals surface area contributed by atoms with Crippen LogP contribution in [0, 0.1) is 0 Å². The van der Waals surface area contributed by atoms with Crippen LogP contribution in [0.2, 0.25) is 0 Å². The second kappa shape index (κ2) is 16.5. The second-order valence-corrected chi connectivity index (χ2v) is 19.0. The van der Waals surface area contributed by atoms with Gasteiger partial charge in [0.25, 0.3) is 0 Å². The summed E-state index contributed by atoms with van der Waals surface area (Å²) >= 11 is 0. The monoisotopic (exact) mass is 933 g/mol. The molecule has 0 fully saturated rings. The van der Waals surface area contributed by atoms with E-state index in [1.54, 1.807) is 0 Å². The van der Waals surface area contributed by atoms with Crippen LogP contribution in [-0.4, -0.2) is 0 Å². The average molecular weight is 934 g/mol. The van der Waals surface area contributed by atoms with E-state index in [4.69, 9.17) is 13.3 Å². The van der Waals surface area contributed by atoms with Gasteiger partial charge in [-0.25, -0.2) is 0 Å². The van der Waals surface area contributed by atoms with Crippen LogP contribution in [0.5, 0.6) is 0 Å². The molecule has 1 atom stereocenters. The maximum Gasteiger partial charge on any atom is 0.159 e. The minimum atomic E-state index is -0.246. The molecule has 0 N–H and O–H groups in total. The fourth-order valence-corrected chi connectivity index (χ4v) is 11.9. The third-order valence-electron chi connectivity index (χ3n) is 15.0. The van der Waals surface area contributed by atoms with Gasteiger partial charge in [0.05, 0.1) is 17.1 Å². The van der Waals surface area contributed by atoms with Crippen molar-refractivity contribution in [3.63, 3.8) is 0 Å². The lowest BCUT2D eigenvalue weighted by atomic mass is 9.78. The Kier molecular flexibility index (Phi) is 9.29. The van der Waals surface area contributed by atoms with E-state index in [1.807, 2.05) is 12.1 Å². The van der Waals surface area contributed by atoms with E-state index in [1.165, 1.54) is 11.1 Å². The molecule has 15 aromatic rings. The molecule has 15 rings (SSSR count). The van der Waals surface area contributed by atoms with Crippen molar-refractivity contribution < 1.29 is 13.3 Å². The molecule has 0 radical (unpaired) electrons. The van der Waals surface area contributed by atoms with E-state index in [2.05, 4.69) is 248 Å². The smallest absolute Gasteiger partial charge is 0.159 e. The number of nitrogens with zero attached hydrogens (tertiary/aromatic N) is 1. The van der Waals surface area contributed by atoms with Crippen LogP contribution in [0.15, 0.2) is 268 Å². The van der Waals surface area contributed by atoms with Gasteiger partial charge in [0.15, 0.2) is 5.58 Å². The normalized spacial score (nSPS) is 12.3. The first-order valence-electron chi connectivity index (χ1n) is 24.9. The maximum absolute atomic E-state index is 7.42. The van der Waals surface area contributed by atoms with Gasteiger partial charge in [-0.05, 0) is 74.3 Å². The summed E-state index contributed by atoms with van der Waals surface area (Å²) in [4.78, 5) is 2.38. The van der Waals surface area contributed by atoms with Crippen LogP contribution >= 0.6 is 0 Å². The molecular weight excluding hydrogens is 891 g/mol. The van der Waals surface area contributed by atoms with Crippen molar-refractivity contribution in [2.24, 2.45) is 0 Å². The summed E-state index contributed by atoms with van der Waals surface area (Å²) in [6, 6.07) is 90.9. The van der Waals surface area contributed by atoms with E-state index in [0.29, 0.717) is 0 Å². The molecule has 12 aromatic carbocycles. The molecule has 4 nitrogen and oxygen atoms in total. The lowest BCUT2D eigenvalue weighted by Crippen LogP contribution is -2.12. The van der Waals surface area contributed by atoms with Crippen molar-refractivity contribution in [3.05, 3.63) is 271 Å². The predicted octanol–water partition coefficient (Wildman–Crippen LogP) is 19.7. The highest BCUT2D eigenvalue weighted by molar-refractivity contribution is 6.29. The molecule has 4 heteroatoms. The molecule has 0 aliphatic carbocycles. The van der Waals surface area contributed by atoms with Gasteiger partial charge < -0.3 is 18.2 Å². The van der Waals surface area contributed by atoms with Crippen molar-refractivity contribution >= 4 is 104 Å². The van der Waals surface area contributed by atoms with Gasteiger partial charge >= 0.3 is 0 Å². The Labute approximate surface area is 420 Å². The zero-order valence-corrected chi connectivity index (χ0v) is 39.5. The Hall–Kier alpha value is -9.64. The highest BCUT2D eigenvalue weighted by Gasteiger charge is 2.30. The molecule has 73 heavy (non-hydrogen) atoms. The number of rotatable bonds is 8. The van der Waals surface area contributed by atoms with Gasteiger partial charge in [-0.3, -0.25) is 0 Å². The molecule has 0 bridgehead atoms. The van der Waals surface area contributed by atoms with Crippen LogP contribution in [0.1, 0.15) is 22.6 Å². The summed E-state index contributed by atoms with van der Waals surface area (Å²) in [6.45, 7) is 0. The first-order valence-corrected chi connectivity index (χ1v) is 24.9. The molecule has 3 heterocycles. The number of para-hydroxylation sites is 5. The molecule has 0 saturated carbocycles. The first kappa shape index (κ1) is 41.2. The molecular formula is C69H43NO3. The summed E-state index contributed by atoms with van der Waals surface area (Å²) in [5, 5.41) is 11.0. The number of furan rings is 3. The van der Waals surface area contributed by atoms with Crippen molar-refractivity contribution in [2.75, 3.05) is 4.90 Å². The van der Waals surface area contributed by atoms with E-state index in [9.17, 15) is 0 Å². The van der Waals surface area contributed by atoms with Gasteiger partial charge in [-0.2, -0.15) is 0 Å². The molecule has 0 aliphatic rings. The largest absolute Gasteiger partial charge is 0.456 e. The Bertz CT molecular complexity index is 4340. The van der Waals surface area contributed by atoms with Crippen LogP contribution in [0.25, 0.3) is 110 Å². The summed E-state index contributed by atoms with van der Waals surface area (Å²) in [6.07, 6.45) is 0. The number of anilines is 3. The number of benzene rings is 12. The van der Waals surface area contributed by atoms with Crippen LogP contribution < -0.4 is 4.90 Å². The molecule has 342 valence electrons. The number of hydrogen-bond donors (Lipinski definition) is 0. The van der Waals surface area contributed by atoms with Crippen LogP contribution in [0.4, 0.5) is 17.1 Å². The molecule has 3 aromatic heterocycles. The minimum Gasteiger partial charge on any atom is -0.456 e.